The Labute approximate surface area is 192 Å². The number of carbonyl (C=O) groups excluding carboxylic acids is 1. The Morgan fingerprint density at radius 2 is 2.15 bits per heavy atom. The van der Waals surface area contributed by atoms with Gasteiger partial charge in [-0.05, 0) is 68.3 Å². The molecular weight excluding hydrogens is 419 g/mol. The maximum Gasteiger partial charge on any atom is 0.253 e. The van der Waals surface area contributed by atoms with Crippen molar-refractivity contribution in [2.75, 3.05) is 6.61 Å². The van der Waals surface area contributed by atoms with Gasteiger partial charge in [-0.1, -0.05) is 18.2 Å². The monoisotopic (exact) mass is 448 g/mol. The van der Waals surface area contributed by atoms with E-state index in [0.717, 1.165) is 41.4 Å². The van der Waals surface area contributed by atoms with E-state index in [-0.39, 0.29) is 24.0 Å². The van der Waals surface area contributed by atoms with E-state index in [2.05, 4.69) is 5.32 Å². The third kappa shape index (κ3) is 5.14. The number of aryl methyl sites for hydroxylation is 1. The van der Waals surface area contributed by atoms with Crippen LogP contribution in [-0.2, 0) is 11.8 Å². The molecular formula is C26H29FN4O2. The van der Waals surface area contributed by atoms with Gasteiger partial charge in [-0.3, -0.25) is 9.79 Å². The molecule has 0 saturated carbocycles. The molecule has 0 bridgehead atoms. The third-order valence-corrected chi connectivity index (χ3v) is 5.92. The molecule has 6 nitrogen and oxygen atoms in total. The van der Waals surface area contributed by atoms with Crippen LogP contribution in [0.3, 0.4) is 0 Å². The molecule has 1 aromatic heterocycles. The first-order chi connectivity index (χ1) is 16.0. The Balaban J connectivity index is 1.66. The van der Waals surface area contributed by atoms with Crippen LogP contribution >= 0.6 is 0 Å². The summed E-state index contributed by atoms with van der Waals surface area (Å²) in [5.74, 6) is -0.553. The van der Waals surface area contributed by atoms with Gasteiger partial charge in [-0.2, -0.15) is 0 Å². The topological polar surface area (TPSA) is 81.6 Å². The summed E-state index contributed by atoms with van der Waals surface area (Å²) in [5.41, 5.74) is 9.44. The van der Waals surface area contributed by atoms with Crippen LogP contribution in [0, 0.1) is 5.82 Å². The van der Waals surface area contributed by atoms with Crippen LogP contribution in [0.25, 0.3) is 10.9 Å². The van der Waals surface area contributed by atoms with Crippen LogP contribution in [-0.4, -0.2) is 29.0 Å². The van der Waals surface area contributed by atoms with Crippen LogP contribution < -0.4 is 11.1 Å². The summed E-state index contributed by atoms with van der Waals surface area (Å²) < 4.78 is 21.3. The number of amides is 1. The second-order valence-corrected chi connectivity index (χ2v) is 8.33. The lowest BCUT2D eigenvalue weighted by Gasteiger charge is -2.19. The fraction of sp³-hybridized carbons (Fsp3) is 0.308. The number of nitrogens with two attached hydrogens (primary N) is 1. The minimum Gasteiger partial charge on any atom is -0.405 e. The van der Waals surface area contributed by atoms with Crippen molar-refractivity contribution in [1.82, 2.24) is 9.88 Å². The number of hydrogen-bond donors (Lipinski definition) is 2. The molecule has 1 fully saturated rings. The second kappa shape index (κ2) is 10.0. The maximum absolute atomic E-state index is 13.6. The number of nitrogens with one attached hydrogen (secondary N) is 1. The minimum absolute atomic E-state index is 0.189. The zero-order valence-electron chi connectivity index (χ0n) is 18.9. The van der Waals surface area contributed by atoms with Gasteiger partial charge in [0.1, 0.15) is 12.0 Å². The zero-order valence-corrected chi connectivity index (χ0v) is 18.9. The van der Waals surface area contributed by atoms with Gasteiger partial charge >= 0.3 is 0 Å². The summed E-state index contributed by atoms with van der Waals surface area (Å²) in [6, 6.07) is 11.8. The van der Waals surface area contributed by atoms with E-state index < -0.39 is 0 Å². The summed E-state index contributed by atoms with van der Waals surface area (Å²) in [5, 5.41) is 3.79. The first-order valence-corrected chi connectivity index (χ1v) is 11.2. The molecule has 0 spiro atoms. The van der Waals surface area contributed by atoms with Gasteiger partial charge in [-0.25, -0.2) is 4.39 Å². The molecule has 1 aliphatic heterocycles. The van der Waals surface area contributed by atoms with Gasteiger partial charge < -0.3 is 20.4 Å². The molecule has 7 heteroatoms. The Morgan fingerprint density at radius 3 is 2.88 bits per heavy atom. The number of aromatic nitrogens is 1. The predicted molar refractivity (Wildman–Crippen MR) is 129 cm³/mol. The molecule has 4 rings (SSSR count). The normalized spacial score (nSPS) is 18.0. The lowest BCUT2D eigenvalue weighted by Crippen LogP contribution is -2.26. The average molecular weight is 449 g/mol. The fourth-order valence-electron chi connectivity index (χ4n) is 4.15. The molecule has 2 atom stereocenters. The van der Waals surface area contributed by atoms with Crippen molar-refractivity contribution in [3.05, 3.63) is 83.4 Å². The summed E-state index contributed by atoms with van der Waals surface area (Å²) in [6.45, 7) is 2.55. The molecule has 0 aliphatic carbocycles. The van der Waals surface area contributed by atoms with Crippen LogP contribution in [0.5, 0.6) is 0 Å². The largest absolute Gasteiger partial charge is 0.405 e. The van der Waals surface area contributed by atoms with Crippen LogP contribution in [0.4, 0.5) is 4.39 Å². The Hall–Kier alpha value is -3.45. The average Bonchev–Trinajstić information content (AvgIpc) is 3.15. The Morgan fingerprint density at radius 1 is 1.30 bits per heavy atom. The van der Waals surface area contributed by atoms with Gasteiger partial charge in [0.15, 0.2) is 0 Å². The van der Waals surface area contributed by atoms with Gasteiger partial charge in [0.25, 0.3) is 5.91 Å². The van der Waals surface area contributed by atoms with Crippen molar-refractivity contribution >= 4 is 22.5 Å². The van der Waals surface area contributed by atoms with Crippen molar-refractivity contribution in [1.29, 1.82) is 0 Å². The molecule has 33 heavy (non-hydrogen) atoms. The molecule has 2 aromatic carbocycles. The molecule has 2 unspecified atom stereocenters. The highest BCUT2D eigenvalue weighted by molar-refractivity contribution is 6.13. The van der Waals surface area contributed by atoms with Gasteiger partial charge in [0.05, 0.1) is 17.3 Å². The number of carbonyl (C=O) groups is 1. The maximum atomic E-state index is 13.6. The molecule has 1 amide bonds. The Bertz CT molecular complexity index is 1210. The van der Waals surface area contributed by atoms with E-state index in [0.29, 0.717) is 17.7 Å². The standard InChI is InChI=1S/C26H29FN4O2/c1-17(18-6-5-7-20(27)14-18)29-26(32)22-16-31(2)24-10-9-19(15-21(22)24)23(11-12-28)30-25-8-3-4-13-33-25/h5-7,9-12,14-17,25H,3-4,8,13,28H2,1-2H3,(H,29,32). The predicted octanol–water partition coefficient (Wildman–Crippen LogP) is 4.60. The van der Waals surface area contributed by atoms with Crippen molar-refractivity contribution in [2.45, 2.75) is 38.5 Å². The quantitative estimate of drug-likeness (QED) is 0.541. The number of aliphatic imine (C=N–C) groups is 1. The van der Waals surface area contributed by atoms with E-state index in [4.69, 9.17) is 15.5 Å². The SMILES string of the molecule is CC(NC(=O)c1cn(C)c2ccc(C(C=CN)=NC3CCCCO3)cc12)c1cccc(F)c1. The number of ether oxygens (including phenoxy) is 1. The lowest BCUT2D eigenvalue weighted by molar-refractivity contribution is 0.0224. The van der Waals surface area contributed by atoms with E-state index in [1.807, 2.05) is 42.9 Å². The third-order valence-electron chi connectivity index (χ3n) is 5.92. The van der Waals surface area contributed by atoms with Crippen LogP contribution in [0.2, 0.25) is 0 Å². The summed E-state index contributed by atoms with van der Waals surface area (Å²) in [4.78, 5) is 17.9. The first kappa shape index (κ1) is 22.7. The van der Waals surface area contributed by atoms with Crippen molar-refractivity contribution in [2.24, 2.45) is 17.8 Å². The number of nitrogens with zero attached hydrogens (tertiary/aromatic N) is 2. The van der Waals surface area contributed by atoms with Gasteiger partial charge in [0, 0.05) is 36.3 Å². The van der Waals surface area contributed by atoms with Crippen LogP contribution in [0.15, 0.2) is 65.9 Å². The number of fused-ring (bicyclic) bond motifs is 1. The molecule has 1 aliphatic rings. The Kier molecular flexibility index (Phi) is 6.89. The minimum atomic E-state index is -0.340. The van der Waals surface area contributed by atoms with Gasteiger partial charge in [-0.15, -0.1) is 0 Å². The summed E-state index contributed by atoms with van der Waals surface area (Å²) >= 11 is 0. The second-order valence-electron chi connectivity index (χ2n) is 8.33. The number of rotatable bonds is 6. The van der Waals surface area contributed by atoms with Crippen molar-refractivity contribution in [3.8, 4) is 0 Å². The number of halogens is 1. The smallest absolute Gasteiger partial charge is 0.253 e. The highest BCUT2D eigenvalue weighted by Gasteiger charge is 2.19. The van der Waals surface area contributed by atoms with Gasteiger partial charge in [0.2, 0.25) is 0 Å². The highest BCUT2D eigenvalue weighted by atomic mass is 19.1. The molecule has 3 N–H and O–H groups in total. The van der Waals surface area contributed by atoms with E-state index >= 15 is 0 Å². The molecule has 1 saturated heterocycles. The molecule has 3 aromatic rings. The number of hydrogen-bond acceptors (Lipinski definition) is 4. The van der Waals surface area contributed by atoms with E-state index in [9.17, 15) is 9.18 Å². The number of benzene rings is 2. The highest BCUT2D eigenvalue weighted by Crippen LogP contribution is 2.25. The zero-order chi connectivity index (χ0) is 23.4. The van der Waals surface area contributed by atoms with E-state index in [1.54, 1.807) is 18.2 Å². The summed E-state index contributed by atoms with van der Waals surface area (Å²) in [7, 11) is 1.90. The molecule has 2 heterocycles. The fourth-order valence-corrected chi connectivity index (χ4v) is 4.15. The first-order valence-electron chi connectivity index (χ1n) is 11.2. The lowest BCUT2D eigenvalue weighted by atomic mass is 10.0. The van der Waals surface area contributed by atoms with Crippen LogP contribution in [0.1, 0.15) is 53.7 Å². The molecule has 0 radical (unpaired) electrons. The number of allylic oxidation sites excluding steroid dienone is 1. The summed E-state index contributed by atoms with van der Waals surface area (Å²) in [6.07, 6.45) is 7.85. The van der Waals surface area contributed by atoms with Crippen molar-refractivity contribution in [3.63, 3.8) is 0 Å². The van der Waals surface area contributed by atoms with E-state index in [1.165, 1.54) is 18.3 Å². The van der Waals surface area contributed by atoms with Crippen molar-refractivity contribution < 1.29 is 13.9 Å². The molecule has 172 valence electrons.